The maximum Gasteiger partial charge on any atom is 0.127 e. The molecular formula is C13H19FN2. The third-order valence-corrected chi connectivity index (χ3v) is 3.30. The molecule has 2 rings (SSSR count). The topological polar surface area (TPSA) is 15.3 Å². The molecule has 0 amide bonds. The standard InChI is InChI=1S/C13H19FN2/c1-10-3-4-13(14)12(9-10)11(2)16-7-5-15-6-8-16/h3-4,9,11,15H,5-8H2,1-2H3/t11-/m0/s1. The lowest BCUT2D eigenvalue weighted by atomic mass is 10.0. The van der Waals surface area contributed by atoms with E-state index in [1.165, 1.54) is 0 Å². The molecule has 88 valence electrons. The van der Waals surface area contributed by atoms with Crippen molar-refractivity contribution in [1.29, 1.82) is 0 Å². The molecule has 1 aromatic carbocycles. The lowest BCUT2D eigenvalue weighted by Crippen LogP contribution is -2.44. The maximum atomic E-state index is 13.7. The number of rotatable bonds is 2. The van der Waals surface area contributed by atoms with Crippen molar-refractivity contribution < 1.29 is 4.39 Å². The molecule has 1 aliphatic rings. The van der Waals surface area contributed by atoms with Crippen molar-refractivity contribution in [2.45, 2.75) is 19.9 Å². The van der Waals surface area contributed by atoms with Crippen LogP contribution in [0.25, 0.3) is 0 Å². The number of piperazine rings is 1. The van der Waals surface area contributed by atoms with Crippen LogP contribution in [0.15, 0.2) is 18.2 Å². The zero-order chi connectivity index (χ0) is 11.5. The first-order valence-corrected chi connectivity index (χ1v) is 5.89. The molecule has 2 nitrogen and oxygen atoms in total. The Morgan fingerprint density at radius 2 is 2.00 bits per heavy atom. The minimum atomic E-state index is -0.0865. The predicted molar refractivity (Wildman–Crippen MR) is 64.0 cm³/mol. The molecule has 0 spiro atoms. The van der Waals surface area contributed by atoms with Gasteiger partial charge in [0.15, 0.2) is 0 Å². The van der Waals surface area contributed by atoms with Crippen LogP contribution in [-0.2, 0) is 0 Å². The quantitative estimate of drug-likeness (QED) is 0.824. The van der Waals surface area contributed by atoms with Gasteiger partial charge in [-0.15, -0.1) is 0 Å². The number of aryl methyl sites for hydroxylation is 1. The highest BCUT2D eigenvalue weighted by Gasteiger charge is 2.20. The van der Waals surface area contributed by atoms with Crippen molar-refractivity contribution in [3.8, 4) is 0 Å². The molecule has 0 unspecified atom stereocenters. The summed E-state index contributed by atoms with van der Waals surface area (Å²) in [5.41, 5.74) is 1.94. The highest BCUT2D eigenvalue weighted by molar-refractivity contribution is 5.26. The first kappa shape index (κ1) is 11.6. The summed E-state index contributed by atoms with van der Waals surface area (Å²) in [7, 11) is 0. The normalized spacial score (nSPS) is 19.7. The lowest BCUT2D eigenvalue weighted by Gasteiger charge is -2.33. The summed E-state index contributed by atoms with van der Waals surface area (Å²) in [4.78, 5) is 2.33. The van der Waals surface area contributed by atoms with Crippen LogP contribution >= 0.6 is 0 Å². The summed E-state index contributed by atoms with van der Waals surface area (Å²) < 4.78 is 13.7. The molecule has 1 fully saturated rings. The first-order valence-electron chi connectivity index (χ1n) is 5.89. The number of hydrogen-bond donors (Lipinski definition) is 1. The molecule has 0 aromatic heterocycles. The van der Waals surface area contributed by atoms with Crippen molar-refractivity contribution in [2.24, 2.45) is 0 Å². The first-order chi connectivity index (χ1) is 7.68. The molecule has 1 saturated heterocycles. The van der Waals surface area contributed by atoms with Crippen LogP contribution < -0.4 is 5.32 Å². The fourth-order valence-electron chi connectivity index (χ4n) is 2.25. The Hall–Kier alpha value is -0.930. The van der Waals surface area contributed by atoms with E-state index in [2.05, 4.69) is 17.1 Å². The Bertz CT molecular complexity index is 359. The van der Waals surface area contributed by atoms with E-state index in [0.29, 0.717) is 0 Å². The fourth-order valence-corrected chi connectivity index (χ4v) is 2.25. The van der Waals surface area contributed by atoms with Crippen LogP contribution in [0.5, 0.6) is 0 Å². The SMILES string of the molecule is Cc1ccc(F)c([C@H](C)N2CCNCC2)c1. The molecule has 0 bridgehead atoms. The molecule has 3 heteroatoms. The summed E-state index contributed by atoms with van der Waals surface area (Å²) in [6.45, 7) is 8.08. The summed E-state index contributed by atoms with van der Waals surface area (Å²) in [6, 6.07) is 5.52. The van der Waals surface area contributed by atoms with Gasteiger partial charge in [-0.3, -0.25) is 4.90 Å². The Labute approximate surface area is 96.5 Å². The number of benzene rings is 1. The summed E-state index contributed by atoms with van der Waals surface area (Å²) in [5, 5.41) is 3.31. The minimum absolute atomic E-state index is 0.0865. The second-order valence-corrected chi connectivity index (χ2v) is 4.49. The average molecular weight is 222 g/mol. The average Bonchev–Trinajstić information content (AvgIpc) is 2.32. The van der Waals surface area contributed by atoms with Crippen LogP contribution in [0.1, 0.15) is 24.1 Å². The molecule has 1 atom stereocenters. The van der Waals surface area contributed by atoms with E-state index in [-0.39, 0.29) is 11.9 Å². The largest absolute Gasteiger partial charge is 0.314 e. The van der Waals surface area contributed by atoms with Gasteiger partial charge in [-0.1, -0.05) is 17.7 Å². The molecule has 1 aliphatic heterocycles. The van der Waals surface area contributed by atoms with Crippen LogP contribution in [0.2, 0.25) is 0 Å². The van der Waals surface area contributed by atoms with Gasteiger partial charge in [-0.05, 0) is 19.9 Å². The van der Waals surface area contributed by atoms with Gasteiger partial charge in [0.1, 0.15) is 5.82 Å². The zero-order valence-electron chi connectivity index (χ0n) is 9.96. The van der Waals surface area contributed by atoms with E-state index in [1.54, 1.807) is 6.07 Å². The van der Waals surface area contributed by atoms with Gasteiger partial charge in [0.25, 0.3) is 0 Å². The minimum Gasteiger partial charge on any atom is -0.314 e. The number of hydrogen-bond acceptors (Lipinski definition) is 2. The fraction of sp³-hybridized carbons (Fsp3) is 0.538. The van der Waals surface area contributed by atoms with Gasteiger partial charge in [0.2, 0.25) is 0 Å². The third-order valence-electron chi connectivity index (χ3n) is 3.30. The van der Waals surface area contributed by atoms with Crippen molar-refractivity contribution in [1.82, 2.24) is 10.2 Å². The van der Waals surface area contributed by atoms with Crippen molar-refractivity contribution in [3.63, 3.8) is 0 Å². The Kier molecular flexibility index (Phi) is 3.56. The summed E-state index contributed by atoms with van der Waals surface area (Å²) in [5.74, 6) is -0.0865. The van der Waals surface area contributed by atoms with E-state index < -0.39 is 0 Å². The van der Waals surface area contributed by atoms with Gasteiger partial charge < -0.3 is 5.32 Å². The van der Waals surface area contributed by atoms with Gasteiger partial charge in [-0.2, -0.15) is 0 Å². The second-order valence-electron chi connectivity index (χ2n) is 4.49. The highest BCUT2D eigenvalue weighted by atomic mass is 19.1. The van der Waals surface area contributed by atoms with Gasteiger partial charge in [0, 0.05) is 37.8 Å². The molecule has 1 aromatic rings. The third kappa shape index (κ3) is 2.42. The van der Waals surface area contributed by atoms with Crippen molar-refractivity contribution >= 4 is 0 Å². The Morgan fingerprint density at radius 3 is 2.69 bits per heavy atom. The summed E-state index contributed by atoms with van der Waals surface area (Å²) >= 11 is 0. The van der Waals surface area contributed by atoms with Crippen LogP contribution in [0.4, 0.5) is 4.39 Å². The zero-order valence-corrected chi connectivity index (χ0v) is 9.96. The molecule has 0 aliphatic carbocycles. The van der Waals surface area contributed by atoms with Crippen molar-refractivity contribution in [3.05, 3.63) is 35.1 Å². The summed E-state index contributed by atoms with van der Waals surface area (Å²) in [6.07, 6.45) is 0. The Morgan fingerprint density at radius 1 is 1.31 bits per heavy atom. The van der Waals surface area contributed by atoms with Gasteiger partial charge >= 0.3 is 0 Å². The van der Waals surface area contributed by atoms with Crippen molar-refractivity contribution in [2.75, 3.05) is 26.2 Å². The van der Waals surface area contributed by atoms with Crippen LogP contribution in [-0.4, -0.2) is 31.1 Å². The van der Waals surface area contributed by atoms with E-state index in [4.69, 9.17) is 0 Å². The van der Waals surface area contributed by atoms with Crippen LogP contribution in [0, 0.1) is 12.7 Å². The van der Waals surface area contributed by atoms with Gasteiger partial charge in [0.05, 0.1) is 0 Å². The van der Waals surface area contributed by atoms with Crippen LogP contribution in [0.3, 0.4) is 0 Å². The lowest BCUT2D eigenvalue weighted by molar-refractivity contribution is 0.182. The number of nitrogens with zero attached hydrogens (tertiary/aromatic N) is 1. The second kappa shape index (κ2) is 4.93. The highest BCUT2D eigenvalue weighted by Crippen LogP contribution is 2.24. The smallest absolute Gasteiger partial charge is 0.127 e. The Balaban J connectivity index is 2.18. The molecule has 16 heavy (non-hydrogen) atoms. The number of halogens is 1. The monoisotopic (exact) mass is 222 g/mol. The molecule has 0 radical (unpaired) electrons. The van der Waals surface area contributed by atoms with E-state index in [1.807, 2.05) is 19.1 Å². The maximum absolute atomic E-state index is 13.7. The predicted octanol–water partition coefficient (Wildman–Crippen LogP) is 2.10. The van der Waals surface area contributed by atoms with E-state index in [9.17, 15) is 4.39 Å². The van der Waals surface area contributed by atoms with E-state index >= 15 is 0 Å². The molecule has 0 saturated carbocycles. The number of nitrogens with one attached hydrogen (secondary N) is 1. The van der Waals surface area contributed by atoms with Gasteiger partial charge in [-0.25, -0.2) is 4.39 Å². The molecular weight excluding hydrogens is 203 g/mol. The molecule has 1 heterocycles. The molecule has 1 N–H and O–H groups in total. The van der Waals surface area contributed by atoms with E-state index in [0.717, 1.165) is 37.3 Å².